The van der Waals surface area contributed by atoms with Crippen LogP contribution in [-0.4, -0.2) is 28.7 Å². The molecule has 2 aromatic carbocycles. The first kappa shape index (κ1) is 15.3. The van der Waals surface area contributed by atoms with E-state index in [4.69, 9.17) is 23.8 Å². The Hall–Kier alpha value is -1.62. The minimum absolute atomic E-state index is 0.0701. The second-order valence-electron chi connectivity index (χ2n) is 5.42. The molecule has 3 N–H and O–H groups in total. The molecule has 0 bridgehead atoms. The van der Waals surface area contributed by atoms with Gasteiger partial charge in [-0.3, -0.25) is 0 Å². The van der Waals surface area contributed by atoms with Crippen LogP contribution >= 0.6 is 23.8 Å². The van der Waals surface area contributed by atoms with Gasteiger partial charge in [0.15, 0.2) is 11.5 Å². The van der Waals surface area contributed by atoms with E-state index in [0.29, 0.717) is 0 Å². The highest BCUT2D eigenvalue weighted by Crippen LogP contribution is 2.42. The van der Waals surface area contributed by atoms with Gasteiger partial charge in [0.05, 0.1) is 5.02 Å². The molecule has 114 valence electrons. The van der Waals surface area contributed by atoms with Crippen LogP contribution in [0.15, 0.2) is 30.3 Å². The molecule has 0 aliphatic carbocycles. The second-order valence-corrected chi connectivity index (χ2v) is 6.03. The van der Waals surface area contributed by atoms with Crippen LogP contribution in [0.3, 0.4) is 0 Å². The Morgan fingerprint density at radius 1 is 1.23 bits per heavy atom. The Morgan fingerprint density at radius 3 is 2.64 bits per heavy atom. The number of rotatable bonds is 2. The molecule has 22 heavy (non-hydrogen) atoms. The summed E-state index contributed by atoms with van der Waals surface area (Å²) in [5.41, 5.74) is 3.97. The summed E-state index contributed by atoms with van der Waals surface area (Å²) in [6.45, 7) is 1.54. The molecule has 0 fully saturated rings. The van der Waals surface area contributed by atoms with Crippen molar-refractivity contribution in [3.8, 4) is 11.5 Å². The molecule has 1 atom stereocenters. The number of benzene rings is 2. The van der Waals surface area contributed by atoms with Gasteiger partial charge in [-0.25, -0.2) is 0 Å². The van der Waals surface area contributed by atoms with E-state index < -0.39 is 0 Å². The standard InChI is InChI=1S/C17H16ClNO2S/c18-16-12-5-6-19-8-14(13(12)7-15(20)17(16)21)11-3-1-10(9-22)2-4-11/h1-4,7,9,14,19-21H,5-6,8H2. The molecule has 1 aliphatic rings. The summed E-state index contributed by atoms with van der Waals surface area (Å²) in [5.74, 6) is -0.344. The van der Waals surface area contributed by atoms with Crippen LogP contribution in [0, 0.1) is 0 Å². The summed E-state index contributed by atoms with van der Waals surface area (Å²) >= 11 is 11.2. The number of phenols is 2. The smallest absolute Gasteiger partial charge is 0.176 e. The van der Waals surface area contributed by atoms with Crippen LogP contribution in [-0.2, 0) is 6.42 Å². The maximum atomic E-state index is 9.92. The zero-order chi connectivity index (χ0) is 15.7. The summed E-state index contributed by atoms with van der Waals surface area (Å²) in [6, 6.07) is 9.67. The summed E-state index contributed by atoms with van der Waals surface area (Å²) in [7, 11) is 0. The van der Waals surface area contributed by atoms with Crippen LogP contribution in [0.2, 0.25) is 5.02 Å². The fraction of sp³-hybridized carbons (Fsp3) is 0.235. The van der Waals surface area contributed by atoms with Gasteiger partial charge in [0.25, 0.3) is 0 Å². The lowest BCUT2D eigenvalue weighted by molar-refractivity contribution is 0.402. The Labute approximate surface area is 139 Å². The van der Waals surface area contributed by atoms with Crippen molar-refractivity contribution in [2.45, 2.75) is 12.3 Å². The Bertz CT molecular complexity index is 716. The van der Waals surface area contributed by atoms with Crippen molar-refractivity contribution >= 4 is 29.2 Å². The lowest BCUT2D eigenvalue weighted by Crippen LogP contribution is -2.20. The molecular formula is C17H16ClNO2S. The molecule has 0 spiro atoms. The highest BCUT2D eigenvalue weighted by Gasteiger charge is 2.25. The lowest BCUT2D eigenvalue weighted by atomic mass is 9.87. The molecule has 1 heterocycles. The van der Waals surface area contributed by atoms with E-state index in [1.807, 2.05) is 24.3 Å². The molecule has 5 heteroatoms. The van der Waals surface area contributed by atoms with Crippen LogP contribution in [0.5, 0.6) is 11.5 Å². The highest BCUT2D eigenvalue weighted by atomic mass is 35.5. The van der Waals surface area contributed by atoms with E-state index in [1.54, 1.807) is 11.4 Å². The van der Waals surface area contributed by atoms with Crippen molar-refractivity contribution in [2.75, 3.05) is 13.1 Å². The Morgan fingerprint density at radius 2 is 1.95 bits per heavy atom. The van der Waals surface area contributed by atoms with Crippen LogP contribution in [0.25, 0.3) is 0 Å². The number of hydrogen-bond acceptors (Lipinski definition) is 4. The minimum atomic E-state index is -0.239. The molecule has 2 aromatic rings. The molecule has 0 aromatic heterocycles. The predicted molar refractivity (Wildman–Crippen MR) is 92.4 cm³/mol. The quantitative estimate of drug-likeness (QED) is 0.582. The minimum Gasteiger partial charge on any atom is -0.504 e. The van der Waals surface area contributed by atoms with Gasteiger partial charge in [0, 0.05) is 17.8 Å². The lowest BCUT2D eigenvalue weighted by Gasteiger charge is -2.20. The summed E-state index contributed by atoms with van der Waals surface area (Å²) < 4.78 is 0. The average molecular weight is 334 g/mol. The van der Waals surface area contributed by atoms with Gasteiger partial charge < -0.3 is 15.5 Å². The van der Waals surface area contributed by atoms with E-state index in [1.165, 1.54) is 0 Å². The molecule has 0 amide bonds. The fourth-order valence-corrected chi connectivity index (χ4v) is 3.38. The number of thiocarbonyl (C=S) groups is 1. The fourth-order valence-electron chi connectivity index (χ4n) is 2.92. The maximum Gasteiger partial charge on any atom is 0.176 e. The van der Waals surface area contributed by atoms with Crippen LogP contribution < -0.4 is 5.32 Å². The third kappa shape index (κ3) is 2.70. The first-order chi connectivity index (χ1) is 10.6. The van der Waals surface area contributed by atoms with E-state index in [-0.39, 0.29) is 22.4 Å². The zero-order valence-electron chi connectivity index (χ0n) is 11.8. The van der Waals surface area contributed by atoms with Crippen molar-refractivity contribution in [3.63, 3.8) is 0 Å². The molecule has 0 radical (unpaired) electrons. The third-order valence-electron chi connectivity index (χ3n) is 4.11. The summed E-state index contributed by atoms with van der Waals surface area (Å²) in [5, 5.41) is 25.1. The summed E-state index contributed by atoms with van der Waals surface area (Å²) in [6.07, 6.45) is 0.719. The van der Waals surface area contributed by atoms with Crippen molar-refractivity contribution in [1.29, 1.82) is 0 Å². The number of hydrogen-bond donors (Lipinski definition) is 3. The van der Waals surface area contributed by atoms with Gasteiger partial charge in [-0.2, -0.15) is 0 Å². The van der Waals surface area contributed by atoms with E-state index >= 15 is 0 Å². The van der Waals surface area contributed by atoms with Gasteiger partial charge >= 0.3 is 0 Å². The predicted octanol–water partition coefficient (Wildman–Crippen LogP) is 3.38. The third-order valence-corrected chi connectivity index (χ3v) is 4.79. The van der Waals surface area contributed by atoms with Crippen molar-refractivity contribution in [1.82, 2.24) is 5.32 Å². The number of phenolic OH excluding ortho intramolecular Hbond substituents is 2. The molecule has 0 saturated carbocycles. The molecule has 3 rings (SSSR count). The van der Waals surface area contributed by atoms with E-state index in [2.05, 4.69) is 5.32 Å². The van der Waals surface area contributed by atoms with Gasteiger partial charge in [-0.15, -0.1) is 0 Å². The number of fused-ring (bicyclic) bond motifs is 1. The topological polar surface area (TPSA) is 52.5 Å². The van der Waals surface area contributed by atoms with Crippen molar-refractivity contribution in [2.24, 2.45) is 0 Å². The molecular weight excluding hydrogens is 318 g/mol. The van der Waals surface area contributed by atoms with Crippen molar-refractivity contribution < 1.29 is 10.2 Å². The Kier molecular flexibility index (Phi) is 4.34. The normalized spacial score (nSPS) is 17.6. The van der Waals surface area contributed by atoms with E-state index in [9.17, 15) is 10.2 Å². The molecule has 1 aliphatic heterocycles. The van der Waals surface area contributed by atoms with Gasteiger partial charge in [-0.1, -0.05) is 48.1 Å². The van der Waals surface area contributed by atoms with E-state index in [0.717, 1.165) is 41.8 Å². The molecule has 3 nitrogen and oxygen atoms in total. The molecule has 0 saturated heterocycles. The summed E-state index contributed by atoms with van der Waals surface area (Å²) in [4.78, 5) is 0. The van der Waals surface area contributed by atoms with Gasteiger partial charge in [0.2, 0.25) is 0 Å². The molecule has 1 unspecified atom stereocenters. The number of aromatic hydroxyl groups is 2. The number of halogens is 1. The zero-order valence-corrected chi connectivity index (χ0v) is 13.4. The van der Waals surface area contributed by atoms with Gasteiger partial charge in [-0.05, 0) is 41.3 Å². The number of nitrogens with one attached hydrogen (secondary N) is 1. The second kappa shape index (κ2) is 6.24. The van der Waals surface area contributed by atoms with Crippen molar-refractivity contribution in [3.05, 3.63) is 57.6 Å². The largest absolute Gasteiger partial charge is 0.504 e. The monoisotopic (exact) mass is 333 g/mol. The van der Waals surface area contributed by atoms with Gasteiger partial charge in [0.1, 0.15) is 0 Å². The average Bonchev–Trinajstić information content (AvgIpc) is 2.75. The highest BCUT2D eigenvalue weighted by molar-refractivity contribution is 7.79. The SMILES string of the molecule is Oc1cc2c(c(Cl)c1O)CCNCC2c1ccc(C=S)cc1. The first-order valence-electron chi connectivity index (χ1n) is 7.11. The first-order valence-corrected chi connectivity index (χ1v) is 7.95. The Balaban J connectivity index is 2.12. The maximum absolute atomic E-state index is 9.92. The van der Waals surface area contributed by atoms with Crippen LogP contribution in [0.1, 0.15) is 28.2 Å². The van der Waals surface area contributed by atoms with Crippen LogP contribution in [0.4, 0.5) is 0 Å².